The molecule has 2 amide bonds. The van der Waals surface area contributed by atoms with Crippen LogP contribution in [0.5, 0.6) is 5.75 Å². The number of hydrogen-bond acceptors (Lipinski definition) is 4. The van der Waals surface area contributed by atoms with Gasteiger partial charge in [0, 0.05) is 32.2 Å². The van der Waals surface area contributed by atoms with Crippen LogP contribution in [0.15, 0.2) is 18.2 Å². The van der Waals surface area contributed by atoms with Crippen LogP contribution >= 0.6 is 0 Å². The molecule has 1 aromatic carbocycles. The van der Waals surface area contributed by atoms with Crippen LogP contribution in [0.25, 0.3) is 0 Å². The van der Waals surface area contributed by atoms with E-state index in [1.54, 1.807) is 0 Å². The van der Waals surface area contributed by atoms with Crippen LogP contribution in [0, 0.1) is 13.8 Å². The van der Waals surface area contributed by atoms with Gasteiger partial charge >= 0.3 is 0 Å². The van der Waals surface area contributed by atoms with Crippen molar-refractivity contribution in [1.82, 2.24) is 15.1 Å². The molecule has 1 heterocycles. The zero-order valence-electron chi connectivity index (χ0n) is 15.8. The summed E-state index contributed by atoms with van der Waals surface area (Å²) < 4.78 is 5.73. The molecular formula is C20H29N3O3. The van der Waals surface area contributed by atoms with Crippen LogP contribution in [0.2, 0.25) is 0 Å². The van der Waals surface area contributed by atoms with Crippen LogP contribution in [0.1, 0.15) is 30.4 Å². The van der Waals surface area contributed by atoms with Gasteiger partial charge < -0.3 is 15.0 Å². The molecule has 0 spiro atoms. The molecule has 26 heavy (non-hydrogen) atoms. The molecule has 0 atom stereocenters. The summed E-state index contributed by atoms with van der Waals surface area (Å²) in [4.78, 5) is 28.2. The maximum atomic E-state index is 12.4. The van der Waals surface area contributed by atoms with E-state index in [-0.39, 0.29) is 11.8 Å². The second-order valence-corrected chi connectivity index (χ2v) is 7.42. The first-order valence-electron chi connectivity index (χ1n) is 9.50. The van der Waals surface area contributed by atoms with Crippen molar-refractivity contribution in [2.75, 3.05) is 39.3 Å². The van der Waals surface area contributed by atoms with Gasteiger partial charge in [-0.2, -0.15) is 0 Å². The molecule has 6 heteroatoms. The molecule has 2 aliphatic rings. The summed E-state index contributed by atoms with van der Waals surface area (Å²) in [5.74, 6) is 1.05. The smallest absolute Gasteiger partial charge is 0.234 e. The molecule has 1 saturated carbocycles. The number of rotatable bonds is 7. The number of aryl methyl sites for hydroxylation is 2. The van der Waals surface area contributed by atoms with Crippen molar-refractivity contribution >= 4 is 11.8 Å². The van der Waals surface area contributed by atoms with Crippen LogP contribution in [-0.4, -0.2) is 67.0 Å². The topological polar surface area (TPSA) is 61.9 Å². The molecule has 0 aromatic heterocycles. The highest BCUT2D eigenvalue weighted by Gasteiger charge is 2.26. The van der Waals surface area contributed by atoms with Gasteiger partial charge in [-0.15, -0.1) is 0 Å². The Balaban J connectivity index is 1.34. The predicted molar refractivity (Wildman–Crippen MR) is 100 cm³/mol. The second-order valence-electron chi connectivity index (χ2n) is 7.42. The molecule has 0 unspecified atom stereocenters. The summed E-state index contributed by atoms with van der Waals surface area (Å²) in [7, 11) is 0. The summed E-state index contributed by atoms with van der Waals surface area (Å²) in [5.41, 5.74) is 2.32. The fourth-order valence-electron chi connectivity index (χ4n) is 3.29. The average molecular weight is 359 g/mol. The van der Waals surface area contributed by atoms with Gasteiger partial charge in [0.25, 0.3) is 0 Å². The molecule has 1 saturated heterocycles. The third kappa shape index (κ3) is 5.73. The number of hydrogen-bond donors (Lipinski definition) is 1. The van der Waals surface area contributed by atoms with Gasteiger partial charge in [-0.1, -0.05) is 6.07 Å². The highest BCUT2D eigenvalue weighted by Crippen LogP contribution is 2.18. The normalized spacial score (nSPS) is 17.8. The monoisotopic (exact) mass is 359 g/mol. The number of carbonyl (C=O) groups is 2. The van der Waals surface area contributed by atoms with E-state index in [1.807, 2.05) is 30.9 Å². The van der Waals surface area contributed by atoms with Gasteiger partial charge in [-0.3, -0.25) is 14.5 Å². The third-order valence-corrected chi connectivity index (χ3v) is 4.81. The Bertz CT molecular complexity index is 629. The van der Waals surface area contributed by atoms with Crippen molar-refractivity contribution in [3.05, 3.63) is 29.3 Å². The van der Waals surface area contributed by atoms with Gasteiger partial charge in [-0.25, -0.2) is 0 Å². The summed E-state index contributed by atoms with van der Waals surface area (Å²) in [6.45, 7) is 7.77. The summed E-state index contributed by atoms with van der Waals surface area (Å²) in [5, 5.41) is 3.01. The molecule has 1 aromatic rings. The standard InChI is InChI=1S/C20H29N3O3/c1-15-11-16(2)13-18(12-15)26-10-5-20(25)23-8-6-22(7-9-23)14-19(24)21-17-3-4-17/h11-13,17H,3-10,14H2,1-2H3,(H,21,24). The number of ether oxygens (including phenoxy) is 1. The molecule has 2 fully saturated rings. The van der Waals surface area contributed by atoms with E-state index in [0.29, 0.717) is 38.7 Å². The molecule has 142 valence electrons. The lowest BCUT2D eigenvalue weighted by Gasteiger charge is -2.34. The number of nitrogens with zero attached hydrogens (tertiary/aromatic N) is 2. The number of amides is 2. The van der Waals surface area contributed by atoms with Crippen molar-refractivity contribution in [2.45, 2.75) is 39.2 Å². The van der Waals surface area contributed by atoms with Crippen LogP contribution in [-0.2, 0) is 9.59 Å². The maximum Gasteiger partial charge on any atom is 0.234 e. The maximum absolute atomic E-state index is 12.4. The SMILES string of the molecule is Cc1cc(C)cc(OCCC(=O)N2CCN(CC(=O)NC3CC3)CC2)c1. The zero-order valence-corrected chi connectivity index (χ0v) is 15.8. The molecule has 0 bridgehead atoms. The minimum absolute atomic E-state index is 0.106. The van der Waals surface area contributed by atoms with Crippen molar-refractivity contribution in [2.24, 2.45) is 0 Å². The summed E-state index contributed by atoms with van der Waals surface area (Å²) in [6.07, 6.45) is 2.60. The number of piperazine rings is 1. The van der Waals surface area contributed by atoms with Crippen LogP contribution in [0.4, 0.5) is 0 Å². The van der Waals surface area contributed by atoms with Gasteiger partial charge in [-0.05, 0) is 49.9 Å². The van der Waals surface area contributed by atoms with E-state index < -0.39 is 0 Å². The van der Waals surface area contributed by atoms with Gasteiger partial charge in [0.15, 0.2) is 0 Å². The Labute approximate surface area is 155 Å². The molecule has 3 rings (SSSR count). The lowest BCUT2D eigenvalue weighted by molar-refractivity contribution is -0.133. The number of nitrogens with one attached hydrogen (secondary N) is 1. The molecule has 6 nitrogen and oxygen atoms in total. The van der Waals surface area contributed by atoms with Crippen molar-refractivity contribution in [3.63, 3.8) is 0 Å². The van der Waals surface area contributed by atoms with Crippen molar-refractivity contribution < 1.29 is 14.3 Å². The fraction of sp³-hybridized carbons (Fsp3) is 0.600. The molecule has 1 aliphatic carbocycles. The van der Waals surface area contributed by atoms with Gasteiger partial charge in [0.1, 0.15) is 5.75 Å². The van der Waals surface area contributed by atoms with E-state index in [4.69, 9.17) is 4.74 Å². The van der Waals surface area contributed by atoms with Crippen molar-refractivity contribution in [3.8, 4) is 5.75 Å². The first-order valence-corrected chi connectivity index (χ1v) is 9.50. The highest BCUT2D eigenvalue weighted by atomic mass is 16.5. The zero-order chi connectivity index (χ0) is 18.5. The minimum atomic E-state index is 0.106. The van der Waals surface area contributed by atoms with E-state index in [1.165, 1.54) is 0 Å². The summed E-state index contributed by atoms with van der Waals surface area (Å²) >= 11 is 0. The lowest BCUT2D eigenvalue weighted by atomic mass is 10.1. The Morgan fingerprint density at radius 3 is 2.35 bits per heavy atom. The first-order chi connectivity index (χ1) is 12.5. The highest BCUT2D eigenvalue weighted by molar-refractivity contribution is 5.79. The van der Waals surface area contributed by atoms with E-state index in [2.05, 4.69) is 16.3 Å². The largest absolute Gasteiger partial charge is 0.493 e. The summed E-state index contributed by atoms with van der Waals surface area (Å²) in [6, 6.07) is 6.48. The Morgan fingerprint density at radius 1 is 1.08 bits per heavy atom. The average Bonchev–Trinajstić information content (AvgIpc) is 3.38. The lowest BCUT2D eigenvalue weighted by Crippen LogP contribution is -2.51. The van der Waals surface area contributed by atoms with Gasteiger partial charge in [0.05, 0.1) is 19.6 Å². The Kier molecular flexibility index (Phi) is 6.14. The molecular weight excluding hydrogens is 330 g/mol. The Hall–Kier alpha value is -2.08. The first kappa shape index (κ1) is 18.7. The van der Waals surface area contributed by atoms with E-state index in [0.717, 1.165) is 42.8 Å². The third-order valence-electron chi connectivity index (χ3n) is 4.81. The van der Waals surface area contributed by atoms with E-state index in [9.17, 15) is 9.59 Å². The molecule has 1 N–H and O–H groups in total. The van der Waals surface area contributed by atoms with Crippen LogP contribution in [0.3, 0.4) is 0 Å². The quantitative estimate of drug-likeness (QED) is 0.801. The number of carbonyl (C=O) groups excluding carboxylic acids is 2. The van der Waals surface area contributed by atoms with E-state index >= 15 is 0 Å². The second kappa shape index (κ2) is 8.54. The van der Waals surface area contributed by atoms with Gasteiger partial charge in [0.2, 0.25) is 11.8 Å². The van der Waals surface area contributed by atoms with Crippen molar-refractivity contribution in [1.29, 1.82) is 0 Å². The minimum Gasteiger partial charge on any atom is -0.493 e. The van der Waals surface area contributed by atoms with Crippen LogP contribution < -0.4 is 10.1 Å². The number of benzene rings is 1. The fourth-order valence-corrected chi connectivity index (χ4v) is 3.29. The Morgan fingerprint density at radius 2 is 1.73 bits per heavy atom. The predicted octanol–water partition coefficient (Wildman–Crippen LogP) is 1.50. The molecule has 0 radical (unpaired) electrons. The molecule has 1 aliphatic heterocycles.